The number of methoxy groups -OCH3 is 1. The number of halogens is 1. The quantitative estimate of drug-likeness (QED) is 0.506. The summed E-state index contributed by atoms with van der Waals surface area (Å²) in [5.74, 6) is -0.197. The molecule has 0 fully saturated rings. The molecule has 1 aromatic rings. The van der Waals surface area contributed by atoms with Crippen LogP contribution < -0.4 is 10.1 Å². The average molecular weight is 460 g/mol. The Balaban J connectivity index is 2.17. The van der Waals surface area contributed by atoms with Gasteiger partial charge in [-0.05, 0) is 52.4 Å². The predicted octanol–water partition coefficient (Wildman–Crippen LogP) is 4.79. The molecule has 0 bridgehead atoms. The average Bonchev–Trinajstić information content (AvgIpc) is 2.63. The van der Waals surface area contributed by atoms with Crippen LogP contribution >= 0.6 is 15.9 Å². The lowest BCUT2D eigenvalue weighted by atomic mass is 9.68. The van der Waals surface area contributed by atoms with Gasteiger partial charge in [0.1, 0.15) is 12.4 Å². The molecule has 1 atom stereocenters. The van der Waals surface area contributed by atoms with Gasteiger partial charge in [0.25, 0.3) is 0 Å². The fourth-order valence-corrected chi connectivity index (χ4v) is 4.67. The van der Waals surface area contributed by atoms with Gasteiger partial charge >= 0.3 is 5.97 Å². The number of carbonyl (C=O) groups excluding carboxylic acids is 2. The third-order valence-electron chi connectivity index (χ3n) is 5.30. The van der Waals surface area contributed by atoms with Crippen molar-refractivity contribution >= 4 is 27.7 Å². The van der Waals surface area contributed by atoms with Crippen LogP contribution in [0.5, 0.6) is 5.75 Å². The zero-order valence-electron chi connectivity index (χ0n) is 17.2. The number of ketones is 1. The van der Waals surface area contributed by atoms with E-state index >= 15 is 0 Å². The van der Waals surface area contributed by atoms with Gasteiger partial charge in [-0.3, -0.25) is 4.79 Å². The largest absolute Gasteiger partial charge is 0.496 e. The second-order valence-corrected chi connectivity index (χ2v) is 9.07. The van der Waals surface area contributed by atoms with E-state index in [-0.39, 0.29) is 17.8 Å². The molecule has 0 amide bonds. The number of rotatable bonds is 5. The Bertz CT molecular complexity index is 942. The third kappa shape index (κ3) is 4.17. The van der Waals surface area contributed by atoms with Crippen molar-refractivity contribution in [3.8, 4) is 5.75 Å². The summed E-state index contributed by atoms with van der Waals surface area (Å²) in [6.07, 6.45) is 2.71. The summed E-state index contributed by atoms with van der Waals surface area (Å²) >= 11 is 3.52. The first-order valence-electron chi connectivity index (χ1n) is 9.54. The standard InChI is InChI=1S/C23H26BrNO4/c1-6-9-29-22(27)19-13(2)25-16-11-23(3,4)12-17(26)21(16)20(19)14-7-8-18(28-5)15(24)10-14/h6-8,10,20,25H,1,9,11-12H2,2-5H3/t20-/m0/s1. The molecule has 1 aliphatic heterocycles. The number of benzene rings is 1. The molecule has 1 heterocycles. The maximum atomic E-state index is 13.2. The van der Waals surface area contributed by atoms with Crippen LogP contribution in [-0.4, -0.2) is 25.5 Å². The van der Waals surface area contributed by atoms with Gasteiger partial charge < -0.3 is 14.8 Å². The smallest absolute Gasteiger partial charge is 0.337 e. The maximum absolute atomic E-state index is 13.2. The Morgan fingerprint density at radius 2 is 2.10 bits per heavy atom. The molecule has 0 unspecified atom stereocenters. The number of dihydropyridines is 1. The Hall–Kier alpha value is -2.34. The van der Waals surface area contributed by atoms with Crippen LogP contribution in [-0.2, 0) is 14.3 Å². The highest BCUT2D eigenvalue weighted by Crippen LogP contribution is 2.47. The zero-order chi connectivity index (χ0) is 21.3. The number of hydrogen-bond acceptors (Lipinski definition) is 5. The van der Waals surface area contributed by atoms with Gasteiger partial charge in [0, 0.05) is 29.3 Å². The number of nitrogens with one attached hydrogen (secondary N) is 1. The molecule has 6 heteroatoms. The SMILES string of the molecule is C=CCOC(=O)C1=C(C)NC2=C(C(=O)CC(C)(C)C2)[C@H]1c1ccc(OC)c(Br)c1. The first-order valence-corrected chi connectivity index (χ1v) is 10.3. The number of carbonyl (C=O) groups is 2. The fourth-order valence-electron chi connectivity index (χ4n) is 4.11. The van der Waals surface area contributed by atoms with Gasteiger partial charge in [0.2, 0.25) is 0 Å². The summed E-state index contributed by atoms with van der Waals surface area (Å²) < 4.78 is 11.5. The summed E-state index contributed by atoms with van der Waals surface area (Å²) in [5, 5.41) is 3.32. The van der Waals surface area contributed by atoms with E-state index in [1.54, 1.807) is 7.11 Å². The number of Topliss-reactive ketones (excluding diaryl/α,β-unsaturated/α-hetero) is 1. The molecule has 5 nitrogen and oxygen atoms in total. The Morgan fingerprint density at radius 3 is 2.72 bits per heavy atom. The second kappa shape index (κ2) is 8.19. The van der Waals surface area contributed by atoms with Crippen LogP contribution in [0.15, 0.2) is 57.9 Å². The van der Waals surface area contributed by atoms with Crippen molar-refractivity contribution in [2.75, 3.05) is 13.7 Å². The molecule has 154 valence electrons. The van der Waals surface area contributed by atoms with Gasteiger partial charge in [-0.25, -0.2) is 4.79 Å². The van der Waals surface area contributed by atoms with Crippen LogP contribution in [0.4, 0.5) is 0 Å². The van der Waals surface area contributed by atoms with Gasteiger partial charge in [0.15, 0.2) is 5.78 Å². The minimum Gasteiger partial charge on any atom is -0.496 e. The van der Waals surface area contributed by atoms with Crippen LogP contribution in [0.25, 0.3) is 0 Å². The van der Waals surface area contributed by atoms with Crippen molar-refractivity contribution in [3.63, 3.8) is 0 Å². The lowest BCUT2D eigenvalue weighted by molar-refractivity contribution is -0.138. The molecule has 1 aromatic carbocycles. The molecule has 3 rings (SSSR count). The van der Waals surface area contributed by atoms with Crippen LogP contribution in [0.2, 0.25) is 0 Å². The van der Waals surface area contributed by atoms with Gasteiger partial charge in [-0.1, -0.05) is 32.6 Å². The molecule has 1 N–H and O–H groups in total. The molecular weight excluding hydrogens is 434 g/mol. The summed E-state index contributed by atoms with van der Waals surface area (Å²) in [4.78, 5) is 26.1. The van der Waals surface area contributed by atoms with E-state index < -0.39 is 11.9 Å². The van der Waals surface area contributed by atoms with E-state index in [9.17, 15) is 9.59 Å². The number of ether oxygens (including phenoxy) is 2. The van der Waals surface area contributed by atoms with E-state index in [4.69, 9.17) is 9.47 Å². The lowest BCUT2D eigenvalue weighted by Crippen LogP contribution is -2.38. The van der Waals surface area contributed by atoms with Gasteiger partial charge in [-0.15, -0.1) is 0 Å². The molecule has 29 heavy (non-hydrogen) atoms. The molecule has 1 aliphatic carbocycles. The second-order valence-electron chi connectivity index (χ2n) is 8.21. The van der Waals surface area contributed by atoms with Crippen molar-refractivity contribution in [2.24, 2.45) is 5.41 Å². The summed E-state index contributed by atoms with van der Waals surface area (Å²) in [6.45, 7) is 9.74. The summed E-state index contributed by atoms with van der Waals surface area (Å²) in [5.41, 5.74) is 3.41. The fraction of sp³-hybridized carbons (Fsp3) is 0.391. The molecular formula is C23H26BrNO4. The minimum absolute atomic E-state index is 0.0576. The van der Waals surface area contributed by atoms with E-state index in [0.29, 0.717) is 29.0 Å². The first-order chi connectivity index (χ1) is 13.7. The van der Waals surface area contributed by atoms with E-state index in [0.717, 1.165) is 22.2 Å². The number of esters is 1. The minimum atomic E-state index is -0.491. The van der Waals surface area contributed by atoms with Crippen molar-refractivity contribution in [1.29, 1.82) is 0 Å². The Labute approximate surface area is 180 Å². The van der Waals surface area contributed by atoms with Crippen molar-refractivity contribution in [2.45, 2.75) is 39.5 Å². The highest BCUT2D eigenvalue weighted by atomic mass is 79.9. The topological polar surface area (TPSA) is 64.6 Å². The molecule has 0 radical (unpaired) electrons. The predicted molar refractivity (Wildman–Crippen MR) is 115 cm³/mol. The Morgan fingerprint density at radius 1 is 1.38 bits per heavy atom. The van der Waals surface area contributed by atoms with Crippen LogP contribution in [0, 0.1) is 5.41 Å². The van der Waals surface area contributed by atoms with Crippen LogP contribution in [0.3, 0.4) is 0 Å². The molecule has 0 aromatic heterocycles. The van der Waals surface area contributed by atoms with Crippen molar-refractivity contribution < 1.29 is 19.1 Å². The maximum Gasteiger partial charge on any atom is 0.337 e. The first kappa shape index (κ1) is 21.4. The monoisotopic (exact) mass is 459 g/mol. The van der Waals surface area contributed by atoms with Gasteiger partial charge in [0.05, 0.1) is 17.2 Å². The molecule has 0 saturated carbocycles. The lowest BCUT2D eigenvalue weighted by Gasteiger charge is -2.39. The van der Waals surface area contributed by atoms with Crippen molar-refractivity contribution in [3.05, 3.63) is 63.4 Å². The third-order valence-corrected chi connectivity index (χ3v) is 5.92. The molecule has 0 saturated heterocycles. The van der Waals surface area contributed by atoms with E-state index in [1.807, 2.05) is 25.1 Å². The van der Waals surface area contributed by atoms with Gasteiger partial charge in [-0.2, -0.15) is 0 Å². The normalized spacial score (nSPS) is 20.7. The van der Waals surface area contributed by atoms with E-state index in [1.165, 1.54) is 6.08 Å². The highest BCUT2D eigenvalue weighted by molar-refractivity contribution is 9.10. The molecule has 0 spiro atoms. The summed E-state index contributed by atoms with van der Waals surface area (Å²) in [7, 11) is 1.60. The molecule has 2 aliphatic rings. The summed E-state index contributed by atoms with van der Waals surface area (Å²) in [6, 6.07) is 5.63. The van der Waals surface area contributed by atoms with Crippen molar-refractivity contribution in [1.82, 2.24) is 5.32 Å². The zero-order valence-corrected chi connectivity index (χ0v) is 18.8. The van der Waals surface area contributed by atoms with Crippen LogP contribution in [0.1, 0.15) is 45.1 Å². The number of allylic oxidation sites excluding steroid dienone is 3. The number of hydrogen-bond donors (Lipinski definition) is 1. The van der Waals surface area contributed by atoms with E-state index in [2.05, 4.69) is 41.7 Å². The highest BCUT2D eigenvalue weighted by Gasteiger charge is 2.43. The Kier molecular flexibility index (Phi) is 6.03.